The molecule has 2 aliphatic heterocycles. The van der Waals surface area contributed by atoms with Gasteiger partial charge >= 0.3 is 12.1 Å². The molecule has 2 heterocycles. The summed E-state index contributed by atoms with van der Waals surface area (Å²) in [5.74, 6) is -0.0407. The first-order valence-corrected chi connectivity index (χ1v) is 14.4. The number of amides is 1. The number of aliphatic imine (C=N–C) groups is 1. The van der Waals surface area contributed by atoms with E-state index < -0.39 is 17.6 Å². The first-order chi connectivity index (χ1) is 18.6. The molecule has 4 rings (SSSR count). The highest BCUT2D eigenvalue weighted by Crippen LogP contribution is 2.39. The highest BCUT2D eigenvalue weighted by atomic mass is 16.8. The van der Waals surface area contributed by atoms with Crippen LogP contribution in [0.1, 0.15) is 81.1 Å². The molecule has 0 radical (unpaired) electrons. The van der Waals surface area contributed by atoms with E-state index in [-0.39, 0.29) is 42.2 Å². The molecule has 0 spiro atoms. The minimum atomic E-state index is -0.559. The van der Waals surface area contributed by atoms with Gasteiger partial charge in [0.2, 0.25) is 0 Å². The van der Waals surface area contributed by atoms with Crippen LogP contribution in [0.2, 0.25) is 0 Å². The Morgan fingerprint density at radius 1 is 1.07 bits per heavy atom. The van der Waals surface area contributed by atoms with Crippen LogP contribution >= 0.6 is 0 Å². The Morgan fingerprint density at radius 3 is 2.30 bits per heavy atom. The van der Waals surface area contributed by atoms with Crippen molar-refractivity contribution >= 4 is 17.8 Å². The molecule has 224 valence electrons. The maximum absolute atomic E-state index is 12.8. The molecule has 3 fully saturated rings. The van der Waals surface area contributed by atoms with Crippen LogP contribution in [0.4, 0.5) is 4.79 Å². The predicted molar refractivity (Wildman–Crippen MR) is 150 cm³/mol. The second kappa shape index (κ2) is 11.8. The molecular formula is C30H47N3O7. The molecule has 1 amide bonds. The number of epoxide rings is 1. The normalized spacial score (nSPS) is 29.8. The zero-order valence-corrected chi connectivity index (χ0v) is 25.5. The van der Waals surface area contributed by atoms with E-state index in [4.69, 9.17) is 23.7 Å². The lowest BCUT2D eigenvalue weighted by molar-refractivity contribution is -0.146. The quantitative estimate of drug-likeness (QED) is 0.349. The molecule has 1 saturated carbocycles. The average molecular weight is 562 g/mol. The molecule has 0 bridgehead atoms. The topological polar surface area (TPSA) is 111 Å². The summed E-state index contributed by atoms with van der Waals surface area (Å²) in [6.07, 6.45) is 4.42. The van der Waals surface area contributed by atoms with Crippen molar-refractivity contribution in [3.05, 3.63) is 23.1 Å². The third-order valence-electron chi connectivity index (χ3n) is 7.59. The Kier molecular flexibility index (Phi) is 9.02. The lowest BCUT2D eigenvalue weighted by Crippen LogP contribution is -2.54. The summed E-state index contributed by atoms with van der Waals surface area (Å²) in [5.41, 5.74) is 1.91. The van der Waals surface area contributed by atoms with Gasteiger partial charge in [-0.2, -0.15) is 4.99 Å². The summed E-state index contributed by atoms with van der Waals surface area (Å²) in [5, 5.41) is 3.65. The monoisotopic (exact) mass is 561 g/mol. The van der Waals surface area contributed by atoms with Crippen LogP contribution in [0.15, 0.2) is 28.1 Å². The van der Waals surface area contributed by atoms with Gasteiger partial charge in [0.1, 0.15) is 17.5 Å². The molecule has 4 atom stereocenters. The summed E-state index contributed by atoms with van der Waals surface area (Å²) in [6, 6.07) is 0.192. The Labute approximate surface area is 238 Å². The highest BCUT2D eigenvalue weighted by molar-refractivity contribution is 5.93. The molecular weight excluding hydrogens is 514 g/mol. The molecule has 10 heteroatoms. The third-order valence-corrected chi connectivity index (χ3v) is 7.59. The van der Waals surface area contributed by atoms with Crippen molar-refractivity contribution in [2.75, 3.05) is 20.2 Å². The number of nitrogens with zero attached hydrogens (tertiary/aromatic N) is 2. The zero-order valence-electron chi connectivity index (χ0n) is 25.5. The summed E-state index contributed by atoms with van der Waals surface area (Å²) in [6.45, 7) is 17.1. The number of allylic oxidation sites excluding steroid dienone is 2. The number of methoxy groups -OCH3 is 1. The van der Waals surface area contributed by atoms with Crippen LogP contribution in [-0.2, 0) is 28.5 Å². The number of rotatable bonds is 7. The van der Waals surface area contributed by atoms with Crippen LogP contribution in [0, 0.1) is 11.8 Å². The van der Waals surface area contributed by atoms with Crippen molar-refractivity contribution in [3.63, 3.8) is 0 Å². The minimum absolute atomic E-state index is 0.0194. The predicted octanol–water partition coefficient (Wildman–Crippen LogP) is 4.69. The van der Waals surface area contributed by atoms with Crippen molar-refractivity contribution < 1.29 is 33.3 Å². The number of carbonyl (C=O) groups excluding carboxylic acids is 2. The summed E-state index contributed by atoms with van der Waals surface area (Å²) in [7, 11) is 1.43. The molecule has 2 aliphatic carbocycles. The van der Waals surface area contributed by atoms with Gasteiger partial charge in [-0.15, -0.1) is 0 Å². The van der Waals surface area contributed by atoms with E-state index >= 15 is 0 Å². The van der Waals surface area contributed by atoms with Crippen molar-refractivity contribution in [3.8, 4) is 0 Å². The largest absolute Gasteiger partial charge is 0.492 e. The maximum Gasteiger partial charge on any atom is 0.434 e. The van der Waals surface area contributed by atoms with E-state index in [1.54, 1.807) is 0 Å². The van der Waals surface area contributed by atoms with E-state index in [0.717, 1.165) is 48.7 Å². The second-order valence-corrected chi connectivity index (χ2v) is 13.3. The number of hydrogen-bond donors (Lipinski definition) is 1. The van der Waals surface area contributed by atoms with Crippen molar-refractivity contribution in [2.45, 2.75) is 117 Å². The van der Waals surface area contributed by atoms with Gasteiger partial charge < -0.3 is 29.0 Å². The molecule has 0 aromatic carbocycles. The van der Waals surface area contributed by atoms with Gasteiger partial charge in [-0.05, 0) is 85.8 Å². The maximum atomic E-state index is 12.8. The first-order valence-electron chi connectivity index (χ1n) is 14.4. The Morgan fingerprint density at radius 2 is 1.73 bits per heavy atom. The minimum Gasteiger partial charge on any atom is -0.492 e. The first kappa shape index (κ1) is 30.5. The number of esters is 1. The number of nitrogens with one attached hydrogen (secondary N) is 1. The molecule has 0 aromatic heterocycles. The van der Waals surface area contributed by atoms with E-state index in [0.29, 0.717) is 12.8 Å². The standard InChI is InChI=1S/C30H47N3O7/c1-17-22(31-19-10-12-20(13-11-19)32-28(35)40-30(6,7)8)14-23(18(2)24(17)26(34)36-9)37-21-15-33(16-21)25-27(38-25)39-29(3,4)5/h14,18-19,21,24-25,27,31H,10-13,15-16H2,1-9H3. The molecule has 40 heavy (non-hydrogen) atoms. The van der Waals surface area contributed by atoms with Gasteiger partial charge in [-0.3, -0.25) is 9.69 Å². The Bertz CT molecular complexity index is 1050. The van der Waals surface area contributed by atoms with Crippen LogP contribution in [-0.4, -0.2) is 78.7 Å². The number of ether oxygens (including phenoxy) is 5. The second-order valence-electron chi connectivity index (χ2n) is 13.3. The summed E-state index contributed by atoms with van der Waals surface area (Å²) < 4.78 is 28.6. The van der Waals surface area contributed by atoms with Crippen LogP contribution in [0.25, 0.3) is 0 Å². The lowest BCUT2D eigenvalue weighted by atomic mass is 9.80. The molecule has 10 nitrogen and oxygen atoms in total. The lowest BCUT2D eigenvalue weighted by Gasteiger charge is -2.41. The van der Waals surface area contributed by atoms with Crippen LogP contribution in [0.3, 0.4) is 0 Å². The smallest absolute Gasteiger partial charge is 0.434 e. The average Bonchev–Trinajstić information content (AvgIpc) is 3.54. The molecule has 0 aromatic rings. The fourth-order valence-corrected chi connectivity index (χ4v) is 5.47. The van der Waals surface area contributed by atoms with Gasteiger partial charge in [-0.25, -0.2) is 4.79 Å². The van der Waals surface area contributed by atoms with Crippen LogP contribution < -0.4 is 5.32 Å². The Hall–Kier alpha value is -2.43. The highest BCUT2D eigenvalue weighted by Gasteiger charge is 2.51. The van der Waals surface area contributed by atoms with E-state index in [9.17, 15) is 9.59 Å². The zero-order chi connectivity index (χ0) is 29.4. The van der Waals surface area contributed by atoms with Gasteiger partial charge in [0.15, 0.2) is 12.5 Å². The van der Waals surface area contributed by atoms with E-state index in [2.05, 4.69) is 15.2 Å². The van der Waals surface area contributed by atoms with E-state index in [1.807, 2.05) is 61.5 Å². The van der Waals surface area contributed by atoms with Gasteiger partial charge in [0.25, 0.3) is 0 Å². The van der Waals surface area contributed by atoms with Gasteiger partial charge in [0.05, 0.1) is 18.6 Å². The number of hydrogen-bond acceptors (Lipinski definition) is 9. The van der Waals surface area contributed by atoms with Gasteiger partial charge in [0, 0.05) is 36.5 Å². The molecule has 2 saturated heterocycles. The van der Waals surface area contributed by atoms with Gasteiger partial charge in [-0.1, -0.05) is 6.92 Å². The fourth-order valence-electron chi connectivity index (χ4n) is 5.47. The van der Waals surface area contributed by atoms with Crippen molar-refractivity contribution in [1.29, 1.82) is 0 Å². The SMILES string of the molecule is COC(=O)C1C(C)=C(NC2CCC(=NC(=O)OC(C)(C)C)CC2)C=C(OC2CN(C3OC3OC(C)(C)C)C2)C1C. The fraction of sp³-hybridized carbons (Fsp3) is 0.767. The van der Waals surface area contributed by atoms with E-state index in [1.165, 1.54) is 7.11 Å². The van der Waals surface area contributed by atoms with Crippen molar-refractivity contribution in [2.24, 2.45) is 16.8 Å². The molecule has 4 aliphatic rings. The molecule has 4 unspecified atom stereocenters. The number of carbonyl (C=O) groups is 2. The van der Waals surface area contributed by atoms with Crippen LogP contribution in [0.5, 0.6) is 0 Å². The molecule has 1 N–H and O–H groups in total. The van der Waals surface area contributed by atoms with Crippen molar-refractivity contribution in [1.82, 2.24) is 10.2 Å². The third kappa shape index (κ3) is 7.85. The number of likely N-dealkylation sites (tertiary alicyclic amines) is 1. The Balaban J connectivity index is 1.36. The summed E-state index contributed by atoms with van der Waals surface area (Å²) >= 11 is 0. The summed E-state index contributed by atoms with van der Waals surface area (Å²) in [4.78, 5) is 31.3.